The Morgan fingerprint density at radius 1 is 1.23 bits per heavy atom. The Hall–Kier alpha value is -2.18. The average molecular weight is 436 g/mol. The first-order chi connectivity index (χ1) is 14.3. The van der Waals surface area contributed by atoms with E-state index in [2.05, 4.69) is 4.90 Å². The van der Waals surface area contributed by atoms with Crippen LogP contribution in [0.1, 0.15) is 66.1 Å². The summed E-state index contributed by atoms with van der Waals surface area (Å²) in [7, 11) is 0. The molecular weight excluding hydrogens is 412 g/mol. The number of likely N-dealkylation sites (tertiary alicyclic amines) is 1. The van der Waals surface area contributed by atoms with Crippen LogP contribution in [-0.2, 0) is 0 Å². The lowest BCUT2D eigenvalue weighted by atomic mass is 10.0. The summed E-state index contributed by atoms with van der Waals surface area (Å²) in [6.07, 6.45) is 3.50. The highest BCUT2D eigenvalue weighted by Crippen LogP contribution is 2.45. The number of piperidine rings is 1. The van der Waals surface area contributed by atoms with Crippen LogP contribution in [0.25, 0.3) is 0 Å². The molecule has 2 aromatic carbocycles. The molecule has 1 heterocycles. The van der Waals surface area contributed by atoms with Gasteiger partial charge in [-0.2, -0.15) is 0 Å². The van der Waals surface area contributed by atoms with Gasteiger partial charge in [0, 0.05) is 23.7 Å². The van der Waals surface area contributed by atoms with Crippen LogP contribution >= 0.6 is 11.6 Å². The van der Waals surface area contributed by atoms with E-state index in [1.54, 1.807) is 6.07 Å². The third-order valence-electron chi connectivity index (χ3n) is 6.01. The van der Waals surface area contributed by atoms with Gasteiger partial charge in [0.25, 0.3) is 0 Å². The molecule has 30 heavy (non-hydrogen) atoms. The topological polar surface area (TPSA) is 49.8 Å². The molecule has 2 fully saturated rings. The molecule has 4 nitrogen and oxygen atoms in total. The SMILES string of the molecule is C[C@@H](c1ccc(F)cc1Cl)N1CCC[C@@H](Oc2cc(F)c(C(=O)O)cc2C2CC2)C1. The van der Waals surface area contributed by atoms with Crippen LogP contribution in [0.4, 0.5) is 8.78 Å². The molecule has 1 saturated heterocycles. The Morgan fingerprint density at radius 3 is 2.67 bits per heavy atom. The van der Waals surface area contributed by atoms with Crippen molar-refractivity contribution in [1.29, 1.82) is 0 Å². The van der Waals surface area contributed by atoms with Crippen LogP contribution in [0.5, 0.6) is 5.75 Å². The summed E-state index contributed by atoms with van der Waals surface area (Å²) in [5.41, 5.74) is 1.32. The standard InChI is InChI=1S/C23H24ClF2NO3/c1-13(17-7-6-15(25)9-20(17)24)27-8-2-3-16(12-27)30-22-11-21(26)19(23(28)29)10-18(22)14-4-5-14/h6-7,9-11,13-14,16H,2-5,8,12H2,1H3,(H,28,29)/t13-,16+/m0/s1. The fourth-order valence-electron chi connectivity index (χ4n) is 4.18. The van der Waals surface area contributed by atoms with Gasteiger partial charge >= 0.3 is 5.97 Å². The minimum Gasteiger partial charge on any atom is -0.489 e. The van der Waals surface area contributed by atoms with Gasteiger partial charge in [0.05, 0.1) is 5.56 Å². The van der Waals surface area contributed by atoms with E-state index < -0.39 is 11.8 Å². The molecular formula is C23H24ClF2NO3. The fraction of sp³-hybridized carbons (Fsp3) is 0.435. The van der Waals surface area contributed by atoms with Crippen molar-refractivity contribution in [1.82, 2.24) is 4.90 Å². The van der Waals surface area contributed by atoms with E-state index in [1.165, 1.54) is 24.3 Å². The third-order valence-corrected chi connectivity index (χ3v) is 6.34. The van der Waals surface area contributed by atoms with Crippen molar-refractivity contribution in [2.24, 2.45) is 0 Å². The van der Waals surface area contributed by atoms with Crippen LogP contribution in [0.2, 0.25) is 5.02 Å². The minimum absolute atomic E-state index is 0.0153. The number of aromatic carboxylic acids is 1. The zero-order chi connectivity index (χ0) is 21.4. The van der Waals surface area contributed by atoms with Crippen LogP contribution in [-0.4, -0.2) is 35.2 Å². The number of hydrogen-bond acceptors (Lipinski definition) is 3. The van der Waals surface area contributed by atoms with E-state index in [0.29, 0.717) is 17.3 Å². The van der Waals surface area contributed by atoms with Crippen molar-refractivity contribution in [2.45, 2.75) is 50.7 Å². The highest BCUT2D eigenvalue weighted by Gasteiger charge is 2.32. The molecule has 0 spiro atoms. The number of ether oxygens (including phenoxy) is 1. The second-order valence-electron chi connectivity index (χ2n) is 8.17. The van der Waals surface area contributed by atoms with Gasteiger partial charge in [0.1, 0.15) is 23.5 Å². The largest absolute Gasteiger partial charge is 0.489 e. The van der Waals surface area contributed by atoms with E-state index in [1.807, 2.05) is 6.92 Å². The zero-order valence-corrected chi connectivity index (χ0v) is 17.5. The lowest BCUT2D eigenvalue weighted by Gasteiger charge is -2.37. The number of benzene rings is 2. The molecule has 2 atom stereocenters. The Morgan fingerprint density at radius 2 is 2.00 bits per heavy atom. The summed E-state index contributed by atoms with van der Waals surface area (Å²) < 4.78 is 33.9. The van der Waals surface area contributed by atoms with Crippen molar-refractivity contribution in [3.05, 3.63) is 63.7 Å². The quantitative estimate of drug-likeness (QED) is 0.623. The van der Waals surface area contributed by atoms with Crippen LogP contribution < -0.4 is 4.74 Å². The van der Waals surface area contributed by atoms with Crippen molar-refractivity contribution in [3.63, 3.8) is 0 Å². The predicted molar refractivity (Wildman–Crippen MR) is 110 cm³/mol. The Labute approximate surface area is 179 Å². The number of nitrogens with zero attached hydrogens (tertiary/aromatic N) is 1. The maximum absolute atomic E-state index is 14.3. The van der Waals surface area contributed by atoms with Gasteiger partial charge in [-0.15, -0.1) is 0 Å². The summed E-state index contributed by atoms with van der Waals surface area (Å²) >= 11 is 6.24. The maximum Gasteiger partial charge on any atom is 0.338 e. The maximum atomic E-state index is 14.3. The molecule has 1 aliphatic carbocycles. The Balaban J connectivity index is 1.52. The molecule has 0 radical (unpaired) electrons. The Kier molecular flexibility index (Phi) is 5.98. The summed E-state index contributed by atoms with van der Waals surface area (Å²) in [6, 6.07) is 7.06. The van der Waals surface area contributed by atoms with E-state index in [4.69, 9.17) is 16.3 Å². The van der Waals surface area contributed by atoms with Crippen LogP contribution in [0.15, 0.2) is 30.3 Å². The normalized spacial score (nSPS) is 20.7. The monoisotopic (exact) mass is 435 g/mol. The minimum atomic E-state index is -1.27. The van der Waals surface area contributed by atoms with Gasteiger partial charge in [-0.05, 0) is 74.4 Å². The molecule has 1 aliphatic heterocycles. The van der Waals surface area contributed by atoms with Crippen molar-refractivity contribution in [3.8, 4) is 5.75 Å². The van der Waals surface area contributed by atoms with Gasteiger partial charge < -0.3 is 9.84 Å². The predicted octanol–water partition coefficient (Wildman–Crippen LogP) is 5.80. The van der Waals surface area contributed by atoms with E-state index in [0.717, 1.165) is 43.4 Å². The number of carboxylic acid groups (broad SMARTS) is 1. The van der Waals surface area contributed by atoms with Crippen LogP contribution in [0, 0.1) is 11.6 Å². The first-order valence-corrected chi connectivity index (χ1v) is 10.6. The third kappa shape index (κ3) is 4.44. The van der Waals surface area contributed by atoms with Gasteiger partial charge in [-0.1, -0.05) is 17.7 Å². The highest BCUT2D eigenvalue weighted by molar-refractivity contribution is 6.31. The van der Waals surface area contributed by atoms with Gasteiger partial charge in [-0.3, -0.25) is 4.90 Å². The molecule has 2 aromatic rings. The number of carboxylic acids is 1. The molecule has 0 unspecified atom stereocenters. The summed E-state index contributed by atoms with van der Waals surface area (Å²) in [5, 5.41) is 9.62. The lowest BCUT2D eigenvalue weighted by Crippen LogP contribution is -2.42. The van der Waals surface area contributed by atoms with Gasteiger partial charge in [0.15, 0.2) is 0 Å². The highest BCUT2D eigenvalue weighted by atomic mass is 35.5. The van der Waals surface area contributed by atoms with Crippen molar-refractivity contribution < 1.29 is 23.4 Å². The van der Waals surface area contributed by atoms with Crippen molar-refractivity contribution >= 4 is 17.6 Å². The van der Waals surface area contributed by atoms with E-state index in [-0.39, 0.29) is 29.4 Å². The molecule has 2 aliphatic rings. The molecule has 7 heteroatoms. The summed E-state index contributed by atoms with van der Waals surface area (Å²) in [5.74, 6) is -1.74. The summed E-state index contributed by atoms with van der Waals surface area (Å²) in [6.45, 7) is 3.51. The Bertz CT molecular complexity index is 964. The second kappa shape index (κ2) is 8.52. The van der Waals surface area contributed by atoms with Gasteiger partial charge in [0.2, 0.25) is 0 Å². The number of carbonyl (C=O) groups is 1. The molecule has 0 aromatic heterocycles. The first-order valence-electron chi connectivity index (χ1n) is 10.3. The number of halogens is 3. The van der Waals surface area contributed by atoms with Crippen LogP contribution in [0.3, 0.4) is 0 Å². The molecule has 1 saturated carbocycles. The molecule has 4 rings (SSSR count). The number of hydrogen-bond donors (Lipinski definition) is 1. The molecule has 1 N–H and O–H groups in total. The van der Waals surface area contributed by atoms with E-state index in [9.17, 15) is 18.7 Å². The lowest BCUT2D eigenvalue weighted by molar-refractivity contribution is 0.0647. The average Bonchev–Trinajstić information content (AvgIpc) is 3.53. The second-order valence-corrected chi connectivity index (χ2v) is 8.58. The fourth-order valence-corrected chi connectivity index (χ4v) is 4.51. The van der Waals surface area contributed by atoms with Gasteiger partial charge in [-0.25, -0.2) is 13.6 Å². The molecule has 0 amide bonds. The van der Waals surface area contributed by atoms with E-state index >= 15 is 0 Å². The smallest absolute Gasteiger partial charge is 0.338 e. The molecule has 160 valence electrons. The molecule has 0 bridgehead atoms. The van der Waals surface area contributed by atoms with Crippen molar-refractivity contribution in [2.75, 3.05) is 13.1 Å². The first kappa shape index (κ1) is 21.1. The zero-order valence-electron chi connectivity index (χ0n) is 16.7. The summed E-state index contributed by atoms with van der Waals surface area (Å²) in [4.78, 5) is 13.5. The number of rotatable bonds is 6.